The number of benzene rings is 2. The number of halogens is 3. The summed E-state index contributed by atoms with van der Waals surface area (Å²) < 4.78 is 14.2. The van der Waals surface area contributed by atoms with Crippen molar-refractivity contribution < 1.29 is 9.18 Å². The highest BCUT2D eigenvalue weighted by molar-refractivity contribution is 9.10. The Morgan fingerprint density at radius 3 is 2.75 bits per heavy atom. The minimum Gasteiger partial charge on any atom is -0.376 e. The second kappa shape index (κ2) is 6.72. The molecule has 2 aromatic rings. The SMILES string of the molecule is O=C(CNc1cccc(Cl)c1)Nc1ccc(Br)cc1F. The fourth-order valence-corrected chi connectivity index (χ4v) is 2.09. The lowest BCUT2D eigenvalue weighted by Gasteiger charge is -2.09. The minimum absolute atomic E-state index is 0.0237. The number of hydrogen-bond donors (Lipinski definition) is 2. The molecule has 0 aromatic heterocycles. The van der Waals surface area contributed by atoms with Crippen LogP contribution in [0.15, 0.2) is 46.9 Å². The largest absolute Gasteiger partial charge is 0.376 e. The third-order valence-electron chi connectivity index (χ3n) is 2.48. The second-order valence-corrected chi connectivity index (χ2v) is 5.39. The van der Waals surface area contributed by atoms with Crippen LogP contribution in [0.2, 0.25) is 5.02 Å². The predicted molar refractivity (Wildman–Crippen MR) is 82.7 cm³/mol. The van der Waals surface area contributed by atoms with E-state index >= 15 is 0 Å². The smallest absolute Gasteiger partial charge is 0.243 e. The lowest BCUT2D eigenvalue weighted by molar-refractivity contribution is -0.114. The van der Waals surface area contributed by atoms with Crippen molar-refractivity contribution in [3.05, 3.63) is 57.8 Å². The van der Waals surface area contributed by atoms with E-state index in [1.165, 1.54) is 12.1 Å². The third-order valence-corrected chi connectivity index (χ3v) is 3.21. The topological polar surface area (TPSA) is 41.1 Å². The lowest BCUT2D eigenvalue weighted by atomic mass is 10.3. The number of carbonyl (C=O) groups excluding carboxylic acids is 1. The number of hydrogen-bond acceptors (Lipinski definition) is 2. The molecule has 2 N–H and O–H groups in total. The Morgan fingerprint density at radius 1 is 1.25 bits per heavy atom. The maximum Gasteiger partial charge on any atom is 0.243 e. The molecule has 0 radical (unpaired) electrons. The summed E-state index contributed by atoms with van der Waals surface area (Å²) in [6.45, 7) is 0.0237. The molecule has 0 aliphatic heterocycles. The molecule has 3 nitrogen and oxygen atoms in total. The molecule has 0 saturated heterocycles. The Labute approximate surface area is 129 Å². The Bertz CT molecular complexity index is 636. The van der Waals surface area contributed by atoms with Crippen LogP contribution in [0.5, 0.6) is 0 Å². The summed E-state index contributed by atoms with van der Waals surface area (Å²) >= 11 is 8.98. The van der Waals surface area contributed by atoms with E-state index in [-0.39, 0.29) is 18.1 Å². The van der Waals surface area contributed by atoms with Gasteiger partial charge < -0.3 is 10.6 Å². The molecule has 0 fully saturated rings. The van der Waals surface area contributed by atoms with Crippen molar-refractivity contribution in [2.24, 2.45) is 0 Å². The predicted octanol–water partition coefficient (Wildman–Crippen LogP) is 4.29. The van der Waals surface area contributed by atoms with Crippen molar-refractivity contribution in [2.45, 2.75) is 0 Å². The average Bonchev–Trinajstić information content (AvgIpc) is 2.40. The van der Waals surface area contributed by atoms with E-state index in [1.54, 1.807) is 30.3 Å². The van der Waals surface area contributed by atoms with Crippen molar-refractivity contribution in [1.82, 2.24) is 0 Å². The molecule has 104 valence electrons. The first-order valence-electron chi connectivity index (χ1n) is 5.79. The quantitative estimate of drug-likeness (QED) is 0.857. The molecule has 2 rings (SSSR count). The van der Waals surface area contributed by atoms with Crippen LogP contribution in [0.4, 0.5) is 15.8 Å². The Morgan fingerprint density at radius 2 is 2.05 bits per heavy atom. The zero-order valence-corrected chi connectivity index (χ0v) is 12.6. The maximum absolute atomic E-state index is 13.5. The van der Waals surface area contributed by atoms with Gasteiger partial charge in [-0.25, -0.2) is 4.39 Å². The first kappa shape index (κ1) is 14.8. The van der Waals surface area contributed by atoms with Crippen LogP contribution < -0.4 is 10.6 Å². The molecule has 6 heteroatoms. The lowest BCUT2D eigenvalue weighted by Crippen LogP contribution is -2.22. The molecule has 0 saturated carbocycles. The van der Waals surface area contributed by atoms with Crippen LogP contribution >= 0.6 is 27.5 Å². The van der Waals surface area contributed by atoms with Crippen molar-refractivity contribution in [3.8, 4) is 0 Å². The summed E-state index contributed by atoms with van der Waals surface area (Å²) in [5.74, 6) is -0.832. The monoisotopic (exact) mass is 356 g/mol. The Kier molecular flexibility index (Phi) is 4.98. The summed E-state index contributed by atoms with van der Waals surface area (Å²) in [5, 5.41) is 5.98. The zero-order chi connectivity index (χ0) is 14.5. The van der Waals surface area contributed by atoms with E-state index in [4.69, 9.17) is 11.6 Å². The number of anilines is 2. The average molecular weight is 358 g/mol. The highest BCUT2D eigenvalue weighted by Gasteiger charge is 2.07. The molecule has 0 spiro atoms. The van der Waals surface area contributed by atoms with Crippen LogP contribution in [-0.2, 0) is 4.79 Å². The summed E-state index contributed by atoms with van der Waals surface area (Å²) in [6, 6.07) is 11.5. The third kappa shape index (κ3) is 4.21. The van der Waals surface area contributed by atoms with Crippen LogP contribution in [-0.4, -0.2) is 12.5 Å². The standard InChI is InChI=1S/C14H11BrClFN2O/c15-9-4-5-13(12(17)6-9)19-14(20)8-18-11-3-1-2-10(16)7-11/h1-7,18H,8H2,(H,19,20). The van der Waals surface area contributed by atoms with Gasteiger partial charge >= 0.3 is 0 Å². The number of amides is 1. The highest BCUT2D eigenvalue weighted by atomic mass is 79.9. The van der Waals surface area contributed by atoms with Crippen LogP contribution in [0.1, 0.15) is 0 Å². The Balaban J connectivity index is 1.92. The van der Waals surface area contributed by atoms with Gasteiger partial charge in [-0.3, -0.25) is 4.79 Å². The molecular weight excluding hydrogens is 347 g/mol. The van der Waals surface area contributed by atoms with Crippen molar-refractivity contribution in [1.29, 1.82) is 0 Å². The van der Waals surface area contributed by atoms with Gasteiger partial charge in [0.05, 0.1) is 12.2 Å². The summed E-state index contributed by atoms with van der Waals surface area (Å²) in [5.41, 5.74) is 0.870. The summed E-state index contributed by atoms with van der Waals surface area (Å²) in [7, 11) is 0. The molecule has 0 aliphatic carbocycles. The van der Waals surface area contributed by atoms with Gasteiger partial charge in [0, 0.05) is 15.2 Å². The normalized spacial score (nSPS) is 10.2. The summed E-state index contributed by atoms with van der Waals surface area (Å²) in [4.78, 5) is 11.7. The fraction of sp³-hybridized carbons (Fsp3) is 0.0714. The molecule has 0 heterocycles. The van der Waals surface area contributed by atoms with Gasteiger partial charge in [-0.2, -0.15) is 0 Å². The maximum atomic E-state index is 13.5. The van der Waals surface area contributed by atoms with E-state index in [0.29, 0.717) is 9.50 Å². The molecule has 20 heavy (non-hydrogen) atoms. The van der Waals surface area contributed by atoms with E-state index < -0.39 is 5.82 Å². The van der Waals surface area contributed by atoms with Crippen molar-refractivity contribution in [2.75, 3.05) is 17.2 Å². The van der Waals surface area contributed by atoms with Gasteiger partial charge in [0.2, 0.25) is 5.91 Å². The molecule has 0 atom stereocenters. The molecular formula is C14H11BrClFN2O. The zero-order valence-electron chi connectivity index (χ0n) is 10.3. The molecule has 2 aromatic carbocycles. The summed E-state index contributed by atoms with van der Waals surface area (Å²) in [6.07, 6.45) is 0. The molecule has 1 amide bonds. The van der Waals surface area contributed by atoms with E-state index in [2.05, 4.69) is 26.6 Å². The van der Waals surface area contributed by atoms with E-state index in [1.807, 2.05) is 0 Å². The van der Waals surface area contributed by atoms with Gasteiger partial charge in [-0.05, 0) is 36.4 Å². The van der Waals surface area contributed by atoms with Crippen LogP contribution in [0.25, 0.3) is 0 Å². The molecule has 0 unspecified atom stereocenters. The van der Waals surface area contributed by atoms with Gasteiger partial charge in [0.25, 0.3) is 0 Å². The second-order valence-electron chi connectivity index (χ2n) is 4.04. The number of carbonyl (C=O) groups is 1. The first-order chi connectivity index (χ1) is 9.54. The van der Waals surface area contributed by atoms with Crippen molar-refractivity contribution >= 4 is 44.8 Å². The molecule has 0 bridgehead atoms. The van der Waals surface area contributed by atoms with Crippen LogP contribution in [0, 0.1) is 5.82 Å². The number of rotatable bonds is 4. The van der Waals surface area contributed by atoms with Gasteiger partial charge in [0.1, 0.15) is 5.82 Å². The minimum atomic E-state index is -0.490. The fourth-order valence-electron chi connectivity index (χ4n) is 1.57. The van der Waals surface area contributed by atoms with Crippen molar-refractivity contribution in [3.63, 3.8) is 0 Å². The Hall–Kier alpha value is -1.59. The van der Waals surface area contributed by atoms with Crippen LogP contribution in [0.3, 0.4) is 0 Å². The van der Waals surface area contributed by atoms with Gasteiger partial charge in [-0.15, -0.1) is 0 Å². The molecule has 0 aliphatic rings. The highest BCUT2D eigenvalue weighted by Crippen LogP contribution is 2.19. The van der Waals surface area contributed by atoms with Gasteiger partial charge in [0.15, 0.2) is 0 Å². The van der Waals surface area contributed by atoms with E-state index in [0.717, 1.165) is 5.69 Å². The van der Waals surface area contributed by atoms with Gasteiger partial charge in [-0.1, -0.05) is 33.6 Å². The first-order valence-corrected chi connectivity index (χ1v) is 6.96. The van der Waals surface area contributed by atoms with E-state index in [9.17, 15) is 9.18 Å². The number of nitrogens with one attached hydrogen (secondary N) is 2.